The van der Waals surface area contributed by atoms with Crippen LogP contribution >= 0.6 is 0 Å². The number of rotatable bonds is 3. The summed E-state index contributed by atoms with van der Waals surface area (Å²) in [5.41, 5.74) is 3.62. The minimum atomic E-state index is 0.455. The van der Waals surface area contributed by atoms with Gasteiger partial charge in [0.05, 0.1) is 11.3 Å². The number of hydrogen-bond acceptors (Lipinski definition) is 2. The highest BCUT2D eigenvalue weighted by Gasteiger charge is 2.35. The monoisotopic (exact) mass is 242 g/mol. The molecule has 1 aliphatic heterocycles. The van der Waals surface area contributed by atoms with Gasteiger partial charge in [0.2, 0.25) is 0 Å². The fraction of sp³-hybridized carbons (Fsp3) is 0.562. The molecule has 2 rings (SSSR count). The molecule has 2 heteroatoms. The molecule has 1 aliphatic rings. The van der Waals surface area contributed by atoms with Crippen LogP contribution in [0.3, 0.4) is 0 Å². The topological polar surface area (TPSA) is 27.0 Å². The van der Waals surface area contributed by atoms with Crippen molar-refractivity contribution in [3.8, 4) is 6.07 Å². The van der Waals surface area contributed by atoms with Crippen LogP contribution < -0.4 is 4.90 Å². The maximum Gasteiger partial charge on any atom is 0.101 e. The van der Waals surface area contributed by atoms with Crippen molar-refractivity contribution in [1.29, 1.82) is 5.26 Å². The van der Waals surface area contributed by atoms with E-state index >= 15 is 0 Å². The van der Waals surface area contributed by atoms with E-state index < -0.39 is 0 Å². The summed E-state index contributed by atoms with van der Waals surface area (Å²) in [6.07, 6.45) is 3.71. The zero-order valence-corrected chi connectivity index (χ0v) is 11.7. The molecule has 0 amide bonds. The van der Waals surface area contributed by atoms with Gasteiger partial charge in [0.1, 0.15) is 6.07 Å². The summed E-state index contributed by atoms with van der Waals surface area (Å²) in [6.45, 7) is 8.84. The van der Waals surface area contributed by atoms with Gasteiger partial charge < -0.3 is 4.90 Å². The average molecular weight is 242 g/mol. The predicted octanol–water partition coefficient (Wildman–Crippen LogP) is 3.88. The molecule has 0 atom stereocenters. The van der Waals surface area contributed by atoms with Gasteiger partial charge >= 0.3 is 0 Å². The Bertz CT molecular complexity index is 466. The van der Waals surface area contributed by atoms with Gasteiger partial charge in [0.25, 0.3) is 0 Å². The first kappa shape index (κ1) is 13.0. The Morgan fingerprint density at radius 3 is 2.61 bits per heavy atom. The summed E-state index contributed by atoms with van der Waals surface area (Å²) < 4.78 is 0. The van der Waals surface area contributed by atoms with Gasteiger partial charge in [0.15, 0.2) is 0 Å². The molecule has 0 spiro atoms. The zero-order valence-electron chi connectivity index (χ0n) is 11.7. The van der Waals surface area contributed by atoms with Crippen LogP contribution in [-0.4, -0.2) is 13.1 Å². The molecule has 0 aromatic heterocycles. The molecule has 0 N–H and O–H groups in total. The maximum absolute atomic E-state index is 9.24. The Morgan fingerprint density at radius 1 is 1.33 bits per heavy atom. The summed E-state index contributed by atoms with van der Waals surface area (Å²) in [7, 11) is 0. The summed E-state index contributed by atoms with van der Waals surface area (Å²) in [5, 5.41) is 9.24. The second-order valence-corrected chi connectivity index (χ2v) is 5.51. The maximum atomic E-state index is 9.24. The minimum absolute atomic E-state index is 0.455. The van der Waals surface area contributed by atoms with E-state index in [1.807, 2.05) is 12.1 Å². The van der Waals surface area contributed by atoms with E-state index in [-0.39, 0.29) is 0 Å². The Balaban J connectivity index is 2.29. The normalized spacial score (nSPS) is 17.8. The van der Waals surface area contributed by atoms with Crippen LogP contribution in [0.5, 0.6) is 0 Å². The van der Waals surface area contributed by atoms with Crippen LogP contribution in [0.1, 0.15) is 44.2 Å². The Labute approximate surface area is 110 Å². The van der Waals surface area contributed by atoms with Gasteiger partial charge in [-0.15, -0.1) is 0 Å². The van der Waals surface area contributed by atoms with Crippen molar-refractivity contribution >= 4 is 5.69 Å². The third-order valence-corrected chi connectivity index (χ3v) is 4.55. The lowest BCUT2D eigenvalue weighted by Crippen LogP contribution is -2.26. The van der Waals surface area contributed by atoms with Gasteiger partial charge in [-0.3, -0.25) is 0 Å². The molecule has 1 saturated heterocycles. The summed E-state index contributed by atoms with van der Waals surface area (Å²) in [6, 6.07) is 8.44. The third-order valence-electron chi connectivity index (χ3n) is 4.55. The lowest BCUT2D eigenvalue weighted by molar-refractivity contribution is 0.301. The van der Waals surface area contributed by atoms with Crippen LogP contribution in [0.4, 0.5) is 5.69 Å². The first-order valence-corrected chi connectivity index (χ1v) is 6.90. The van der Waals surface area contributed by atoms with Crippen molar-refractivity contribution < 1.29 is 0 Å². The lowest BCUT2D eigenvalue weighted by Gasteiger charge is -2.27. The van der Waals surface area contributed by atoms with Crippen LogP contribution in [0, 0.1) is 23.7 Å². The van der Waals surface area contributed by atoms with Crippen molar-refractivity contribution in [3.63, 3.8) is 0 Å². The molecular formula is C16H22N2. The van der Waals surface area contributed by atoms with Gasteiger partial charge in [-0.1, -0.05) is 19.9 Å². The Morgan fingerprint density at radius 2 is 2.06 bits per heavy atom. The predicted molar refractivity (Wildman–Crippen MR) is 75.7 cm³/mol. The van der Waals surface area contributed by atoms with Crippen LogP contribution in [0.15, 0.2) is 18.2 Å². The molecule has 96 valence electrons. The summed E-state index contributed by atoms with van der Waals surface area (Å²) in [4.78, 5) is 2.40. The minimum Gasteiger partial charge on any atom is -0.370 e. The highest BCUT2D eigenvalue weighted by molar-refractivity contribution is 5.61. The SMILES string of the molecule is CCC1(CC)CCN(c2cc(C)ccc2C#N)C1. The molecule has 0 bridgehead atoms. The van der Waals surface area contributed by atoms with Crippen LogP contribution in [0.25, 0.3) is 0 Å². The number of nitrogens with zero attached hydrogens (tertiary/aromatic N) is 2. The van der Waals surface area contributed by atoms with E-state index in [0.29, 0.717) is 5.41 Å². The van der Waals surface area contributed by atoms with Gasteiger partial charge in [0, 0.05) is 13.1 Å². The van der Waals surface area contributed by atoms with E-state index in [2.05, 4.69) is 37.8 Å². The smallest absolute Gasteiger partial charge is 0.101 e. The highest BCUT2D eigenvalue weighted by Crippen LogP contribution is 2.39. The molecule has 0 saturated carbocycles. The molecule has 18 heavy (non-hydrogen) atoms. The standard InChI is InChI=1S/C16H22N2/c1-4-16(5-2)8-9-18(12-16)15-10-13(3)6-7-14(15)11-17/h6-7,10H,4-5,8-9,12H2,1-3H3. The van der Waals surface area contributed by atoms with Gasteiger partial charge in [-0.25, -0.2) is 0 Å². The van der Waals surface area contributed by atoms with E-state index in [1.165, 1.54) is 24.8 Å². The van der Waals surface area contributed by atoms with E-state index in [0.717, 1.165) is 24.3 Å². The summed E-state index contributed by atoms with van der Waals surface area (Å²) >= 11 is 0. The molecule has 1 aromatic carbocycles. The number of anilines is 1. The number of aryl methyl sites for hydroxylation is 1. The van der Waals surface area contributed by atoms with E-state index in [9.17, 15) is 5.26 Å². The number of benzene rings is 1. The fourth-order valence-electron chi connectivity index (χ4n) is 2.97. The van der Waals surface area contributed by atoms with Gasteiger partial charge in [-0.05, 0) is 49.3 Å². The number of nitriles is 1. The van der Waals surface area contributed by atoms with Crippen LogP contribution in [-0.2, 0) is 0 Å². The molecule has 1 fully saturated rings. The Hall–Kier alpha value is -1.49. The second-order valence-electron chi connectivity index (χ2n) is 5.51. The van der Waals surface area contributed by atoms with Crippen LogP contribution in [0.2, 0.25) is 0 Å². The molecular weight excluding hydrogens is 220 g/mol. The molecule has 0 unspecified atom stereocenters. The largest absolute Gasteiger partial charge is 0.370 e. The van der Waals surface area contributed by atoms with Crippen molar-refractivity contribution in [3.05, 3.63) is 29.3 Å². The zero-order chi connectivity index (χ0) is 13.2. The lowest BCUT2D eigenvalue weighted by atomic mass is 9.82. The highest BCUT2D eigenvalue weighted by atomic mass is 15.2. The molecule has 2 nitrogen and oxygen atoms in total. The fourth-order valence-corrected chi connectivity index (χ4v) is 2.97. The van der Waals surface area contributed by atoms with E-state index in [4.69, 9.17) is 0 Å². The Kier molecular flexibility index (Phi) is 3.61. The third kappa shape index (κ3) is 2.22. The summed E-state index contributed by atoms with van der Waals surface area (Å²) in [5.74, 6) is 0. The molecule has 1 aromatic rings. The van der Waals surface area contributed by atoms with E-state index in [1.54, 1.807) is 0 Å². The second kappa shape index (κ2) is 5.02. The van der Waals surface area contributed by atoms with Crippen molar-refractivity contribution in [1.82, 2.24) is 0 Å². The molecule has 1 heterocycles. The quantitative estimate of drug-likeness (QED) is 0.804. The first-order chi connectivity index (χ1) is 8.64. The van der Waals surface area contributed by atoms with Gasteiger partial charge in [-0.2, -0.15) is 5.26 Å². The van der Waals surface area contributed by atoms with Crippen molar-refractivity contribution in [2.75, 3.05) is 18.0 Å². The van der Waals surface area contributed by atoms with Crippen molar-refractivity contribution in [2.45, 2.75) is 40.0 Å². The molecule has 0 aliphatic carbocycles. The molecule has 0 radical (unpaired) electrons. The number of hydrogen-bond donors (Lipinski definition) is 0. The first-order valence-electron chi connectivity index (χ1n) is 6.90. The van der Waals surface area contributed by atoms with Crippen molar-refractivity contribution in [2.24, 2.45) is 5.41 Å². The average Bonchev–Trinajstić information content (AvgIpc) is 2.83.